The predicted octanol–water partition coefficient (Wildman–Crippen LogP) is 4.40. The first-order chi connectivity index (χ1) is 14.5. The number of aliphatic hydroxyl groups excluding tert-OH is 1. The molecule has 3 heterocycles. The number of aliphatic hydroxyl groups is 1. The highest BCUT2D eigenvalue weighted by Crippen LogP contribution is 2.42. The molecule has 0 bridgehead atoms. The lowest BCUT2D eigenvalue weighted by molar-refractivity contribution is -0.140. The van der Waals surface area contributed by atoms with E-state index in [0.717, 1.165) is 17.7 Å². The molecule has 30 heavy (non-hydrogen) atoms. The van der Waals surface area contributed by atoms with Crippen molar-refractivity contribution >= 4 is 40.4 Å². The number of hydrogen-bond acceptors (Lipinski definition) is 6. The van der Waals surface area contributed by atoms with Crippen LogP contribution in [0, 0.1) is 0 Å². The van der Waals surface area contributed by atoms with E-state index in [0.29, 0.717) is 36.1 Å². The van der Waals surface area contributed by atoms with Crippen molar-refractivity contribution < 1.29 is 24.2 Å². The van der Waals surface area contributed by atoms with Gasteiger partial charge in [0.1, 0.15) is 11.5 Å². The van der Waals surface area contributed by atoms with Crippen LogP contribution in [0.1, 0.15) is 36.2 Å². The normalized spacial score (nSPS) is 23.3. The minimum atomic E-state index is -0.697. The summed E-state index contributed by atoms with van der Waals surface area (Å²) < 4.78 is 11.2. The number of benzene rings is 1. The van der Waals surface area contributed by atoms with Gasteiger partial charge >= 0.3 is 0 Å². The highest BCUT2D eigenvalue weighted by atomic mass is 35.5. The molecule has 2 unspecified atom stereocenters. The largest absolute Gasteiger partial charge is 0.507 e. The number of ether oxygens (including phenoxy) is 2. The fourth-order valence-electron chi connectivity index (χ4n) is 3.89. The number of rotatable bonds is 6. The van der Waals surface area contributed by atoms with Crippen molar-refractivity contribution in [1.82, 2.24) is 4.90 Å². The highest BCUT2D eigenvalue weighted by Gasteiger charge is 2.47. The lowest BCUT2D eigenvalue weighted by Gasteiger charge is -2.26. The van der Waals surface area contributed by atoms with E-state index in [1.807, 2.05) is 24.4 Å². The van der Waals surface area contributed by atoms with Crippen LogP contribution in [0.25, 0.3) is 5.76 Å². The summed E-state index contributed by atoms with van der Waals surface area (Å²) in [4.78, 5) is 28.2. The summed E-state index contributed by atoms with van der Waals surface area (Å²) in [6.45, 7) is 3.21. The van der Waals surface area contributed by atoms with Crippen molar-refractivity contribution in [3.63, 3.8) is 0 Å². The first-order valence-electron chi connectivity index (χ1n) is 9.87. The van der Waals surface area contributed by atoms with Gasteiger partial charge in [-0.1, -0.05) is 17.7 Å². The molecule has 1 aromatic carbocycles. The molecule has 158 valence electrons. The van der Waals surface area contributed by atoms with Gasteiger partial charge in [-0.15, -0.1) is 11.3 Å². The van der Waals surface area contributed by atoms with Crippen LogP contribution in [0.15, 0.2) is 41.3 Å². The number of ketones is 1. The molecular formula is C22H22ClNO5S. The van der Waals surface area contributed by atoms with Gasteiger partial charge in [-0.05, 0) is 49.4 Å². The van der Waals surface area contributed by atoms with Crippen molar-refractivity contribution in [2.24, 2.45) is 0 Å². The molecule has 1 amide bonds. The van der Waals surface area contributed by atoms with E-state index >= 15 is 0 Å². The Hall–Kier alpha value is -2.35. The Kier molecular flexibility index (Phi) is 6.13. The summed E-state index contributed by atoms with van der Waals surface area (Å²) in [7, 11) is 0. The molecule has 4 rings (SSSR count). The number of likely N-dealkylation sites (tertiary alicyclic amines) is 1. The minimum Gasteiger partial charge on any atom is -0.507 e. The maximum absolute atomic E-state index is 13.0. The first kappa shape index (κ1) is 20.9. The van der Waals surface area contributed by atoms with Gasteiger partial charge in [0.25, 0.3) is 11.7 Å². The standard InChI is InChI=1S/C22H22ClNO5S/c1-2-28-16-11-13(7-8-15(16)23)20(25)18-19(17-6-4-10-30-17)24(22(27)21(18)26)12-14-5-3-9-29-14/h4,6-8,10-11,14,19,25H,2-3,5,9,12H2,1H3/b20-18-. The van der Waals surface area contributed by atoms with Crippen molar-refractivity contribution in [1.29, 1.82) is 0 Å². The van der Waals surface area contributed by atoms with Crippen LogP contribution in [0.5, 0.6) is 5.75 Å². The predicted molar refractivity (Wildman–Crippen MR) is 115 cm³/mol. The van der Waals surface area contributed by atoms with Crippen molar-refractivity contribution in [2.45, 2.75) is 31.9 Å². The summed E-state index contributed by atoms with van der Waals surface area (Å²) in [5, 5.41) is 13.4. The third-order valence-electron chi connectivity index (χ3n) is 5.28. The lowest BCUT2D eigenvalue weighted by atomic mass is 9.99. The Morgan fingerprint density at radius 1 is 1.37 bits per heavy atom. The molecule has 0 aliphatic carbocycles. The van der Waals surface area contributed by atoms with Crippen LogP contribution in [0.3, 0.4) is 0 Å². The average molecular weight is 448 g/mol. The highest BCUT2D eigenvalue weighted by molar-refractivity contribution is 7.10. The number of carbonyl (C=O) groups excluding carboxylic acids is 2. The fourth-order valence-corrected chi connectivity index (χ4v) is 4.91. The maximum Gasteiger partial charge on any atom is 0.295 e. The van der Waals surface area contributed by atoms with Crippen LogP contribution in [-0.2, 0) is 14.3 Å². The fraction of sp³-hybridized carbons (Fsp3) is 0.364. The quantitative estimate of drug-likeness (QED) is 0.403. The Labute approximate surface area is 183 Å². The molecule has 8 heteroatoms. The van der Waals surface area contributed by atoms with E-state index in [2.05, 4.69) is 0 Å². The molecule has 2 fully saturated rings. The average Bonchev–Trinajstić information content (AvgIpc) is 3.48. The SMILES string of the molecule is CCOc1cc(/C(O)=C2/C(=O)C(=O)N(CC3CCCO3)C2c2cccs2)ccc1Cl. The molecule has 1 aromatic heterocycles. The molecular weight excluding hydrogens is 426 g/mol. The zero-order valence-electron chi connectivity index (χ0n) is 16.5. The van der Waals surface area contributed by atoms with Gasteiger partial charge in [0.05, 0.1) is 29.3 Å². The number of hydrogen-bond donors (Lipinski definition) is 1. The molecule has 2 aliphatic rings. The molecule has 2 saturated heterocycles. The summed E-state index contributed by atoms with van der Waals surface area (Å²) in [6, 6.07) is 7.87. The van der Waals surface area contributed by atoms with Crippen LogP contribution in [0.2, 0.25) is 5.02 Å². The van der Waals surface area contributed by atoms with Crippen LogP contribution >= 0.6 is 22.9 Å². The van der Waals surface area contributed by atoms with E-state index in [1.165, 1.54) is 16.2 Å². The Balaban J connectivity index is 1.79. The van der Waals surface area contributed by atoms with E-state index in [9.17, 15) is 14.7 Å². The zero-order chi connectivity index (χ0) is 21.3. The maximum atomic E-state index is 13.0. The van der Waals surface area contributed by atoms with E-state index < -0.39 is 17.7 Å². The van der Waals surface area contributed by atoms with Gasteiger partial charge in [-0.2, -0.15) is 0 Å². The Morgan fingerprint density at radius 3 is 2.87 bits per heavy atom. The molecule has 0 radical (unpaired) electrons. The molecule has 2 aromatic rings. The van der Waals surface area contributed by atoms with E-state index in [4.69, 9.17) is 21.1 Å². The van der Waals surface area contributed by atoms with Gasteiger partial charge in [0.15, 0.2) is 0 Å². The Morgan fingerprint density at radius 2 is 2.20 bits per heavy atom. The van der Waals surface area contributed by atoms with Gasteiger partial charge in [-0.25, -0.2) is 0 Å². The first-order valence-corrected chi connectivity index (χ1v) is 11.1. The van der Waals surface area contributed by atoms with Gasteiger partial charge in [-0.3, -0.25) is 9.59 Å². The van der Waals surface area contributed by atoms with Gasteiger partial charge in [0.2, 0.25) is 0 Å². The van der Waals surface area contributed by atoms with Crippen LogP contribution in [0.4, 0.5) is 0 Å². The molecule has 1 N–H and O–H groups in total. The number of amides is 1. The van der Waals surface area contributed by atoms with Crippen LogP contribution in [-0.4, -0.2) is 47.6 Å². The zero-order valence-corrected chi connectivity index (χ0v) is 18.0. The Bertz CT molecular complexity index is 981. The van der Waals surface area contributed by atoms with Gasteiger partial charge < -0.3 is 19.5 Å². The van der Waals surface area contributed by atoms with E-state index in [1.54, 1.807) is 18.2 Å². The minimum absolute atomic E-state index is 0.0743. The number of thiophene rings is 1. The van der Waals surface area contributed by atoms with Crippen molar-refractivity contribution in [3.05, 3.63) is 56.7 Å². The summed E-state index contributed by atoms with van der Waals surface area (Å²) in [5.41, 5.74) is 0.449. The lowest BCUT2D eigenvalue weighted by Crippen LogP contribution is -2.36. The molecule has 2 aliphatic heterocycles. The monoisotopic (exact) mass is 447 g/mol. The third kappa shape index (κ3) is 3.85. The van der Waals surface area contributed by atoms with Crippen LogP contribution < -0.4 is 4.74 Å². The van der Waals surface area contributed by atoms with Gasteiger partial charge in [0, 0.05) is 23.6 Å². The smallest absolute Gasteiger partial charge is 0.295 e. The second-order valence-corrected chi connectivity index (χ2v) is 8.57. The summed E-state index contributed by atoms with van der Waals surface area (Å²) in [5.74, 6) is -1.15. The molecule has 0 spiro atoms. The molecule has 2 atom stereocenters. The third-order valence-corrected chi connectivity index (χ3v) is 6.52. The topological polar surface area (TPSA) is 76.1 Å². The summed E-state index contributed by atoms with van der Waals surface area (Å²) in [6.07, 6.45) is 1.67. The number of halogens is 1. The number of nitrogens with zero attached hydrogens (tertiary/aromatic N) is 1. The number of Topliss-reactive ketones (excluding diaryl/α,β-unsaturated/α-hetero) is 1. The van der Waals surface area contributed by atoms with Crippen molar-refractivity contribution in [2.75, 3.05) is 19.8 Å². The number of carbonyl (C=O) groups is 2. The summed E-state index contributed by atoms with van der Waals surface area (Å²) >= 11 is 7.59. The second-order valence-electron chi connectivity index (χ2n) is 7.18. The molecule has 6 nitrogen and oxygen atoms in total. The van der Waals surface area contributed by atoms with E-state index in [-0.39, 0.29) is 17.4 Å². The van der Waals surface area contributed by atoms with Crippen molar-refractivity contribution in [3.8, 4) is 5.75 Å². The second kappa shape index (κ2) is 8.79. The molecule has 0 saturated carbocycles.